The van der Waals surface area contributed by atoms with E-state index in [0.29, 0.717) is 12.8 Å². The molecule has 0 aliphatic carbocycles. The predicted octanol–water partition coefficient (Wildman–Crippen LogP) is -0.266. The van der Waals surface area contributed by atoms with Gasteiger partial charge in [0.25, 0.3) is 5.56 Å². The van der Waals surface area contributed by atoms with Crippen molar-refractivity contribution in [3.63, 3.8) is 0 Å². The van der Waals surface area contributed by atoms with Gasteiger partial charge in [0.1, 0.15) is 6.23 Å². The molecule has 1 saturated heterocycles. The third-order valence-corrected chi connectivity index (χ3v) is 2.80. The van der Waals surface area contributed by atoms with Crippen LogP contribution < -0.4 is 11.2 Å². The summed E-state index contributed by atoms with van der Waals surface area (Å²) in [6.45, 7) is 1.59. The molecule has 2 N–H and O–H groups in total. The number of aliphatic hydroxyl groups is 1. The lowest BCUT2D eigenvalue weighted by atomic mass is 10.1. The minimum absolute atomic E-state index is 0.373. The maximum absolute atomic E-state index is 13.1. The van der Waals surface area contributed by atoms with Crippen molar-refractivity contribution < 1.29 is 14.2 Å². The fraction of sp³-hybridized carbons (Fsp3) is 0.600. The highest BCUT2D eigenvalue weighted by Gasteiger charge is 2.30. The fourth-order valence-electron chi connectivity index (χ4n) is 1.88. The largest absolute Gasteiger partial charge is 0.391 e. The molecule has 0 radical (unpaired) electrons. The average molecular weight is 244 g/mol. The monoisotopic (exact) mass is 244 g/mol. The quantitative estimate of drug-likeness (QED) is 0.750. The third kappa shape index (κ3) is 2.29. The van der Waals surface area contributed by atoms with E-state index < -0.39 is 29.4 Å². The van der Waals surface area contributed by atoms with Gasteiger partial charge in [-0.05, 0) is 19.8 Å². The van der Waals surface area contributed by atoms with Crippen molar-refractivity contribution >= 4 is 0 Å². The van der Waals surface area contributed by atoms with Crippen LogP contribution in [0.2, 0.25) is 0 Å². The lowest BCUT2D eigenvalue weighted by Crippen LogP contribution is -2.34. The Kier molecular flexibility index (Phi) is 3.12. The standard InChI is InChI=1S/C10H13FN2O4/c1-5(14)7-2-3-8(17-7)13-4-6(11)9(15)12-10(13)16/h4-5,7-8,14H,2-3H2,1H3,(H,12,15,16)/t5-,7+,8-/m1/s1. The van der Waals surface area contributed by atoms with E-state index in [-0.39, 0.29) is 6.10 Å². The average Bonchev–Trinajstić information content (AvgIpc) is 2.72. The summed E-state index contributed by atoms with van der Waals surface area (Å²) in [5.74, 6) is -1.03. The molecule has 1 fully saturated rings. The Hall–Kier alpha value is -1.47. The molecular formula is C10H13FN2O4. The summed E-state index contributed by atoms with van der Waals surface area (Å²) >= 11 is 0. The van der Waals surface area contributed by atoms with Crippen molar-refractivity contribution in [2.24, 2.45) is 0 Å². The van der Waals surface area contributed by atoms with Crippen molar-refractivity contribution in [2.45, 2.75) is 38.2 Å². The number of hydrogen-bond donors (Lipinski definition) is 2. The van der Waals surface area contributed by atoms with Gasteiger partial charge in [-0.2, -0.15) is 4.39 Å². The Morgan fingerprint density at radius 1 is 1.59 bits per heavy atom. The SMILES string of the molecule is C[C@@H](O)[C@@H]1CC[C@H](n2cc(F)c(=O)[nH]c2=O)O1. The lowest BCUT2D eigenvalue weighted by Gasteiger charge is -2.17. The van der Waals surface area contributed by atoms with E-state index in [0.717, 1.165) is 10.8 Å². The van der Waals surface area contributed by atoms with Gasteiger partial charge in [0.15, 0.2) is 0 Å². The van der Waals surface area contributed by atoms with Crippen LogP contribution in [0.25, 0.3) is 0 Å². The smallest absolute Gasteiger partial charge is 0.330 e. The van der Waals surface area contributed by atoms with Crippen molar-refractivity contribution in [1.82, 2.24) is 9.55 Å². The number of hydrogen-bond acceptors (Lipinski definition) is 4. The summed E-state index contributed by atoms with van der Waals surface area (Å²) in [5, 5.41) is 9.34. The molecule has 1 aromatic rings. The fourth-order valence-corrected chi connectivity index (χ4v) is 1.88. The molecule has 0 saturated carbocycles. The van der Waals surface area contributed by atoms with E-state index in [4.69, 9.17) is 4.74 Å². The van der Waals surface area contributed by atoms with Crippen LogP contribution >= 0.6 is 0 Å². The van der Waals surface area contributed by atoms with Crippen LogP contribution in [0.5, 0.6) is 0 Å². The molecule has 1 aliphatic heterocycles. The first kappa shape index (κ1) is 12.0. The topological polar surface area (TPSA) is 84.3 Å². The minimum atomic E-state index is -1.05. The van der Waals surface area contributed by atoms with Crippen LogP contribution in [0.1, 0.15) is 26.0 Å². The van der Waals surface area contributed by atoms with Gasteiger partial charge in [-0.3, -0.25) is 14.3 Å². The van der Waals surface area contributed by atoms with Crippen LogP contribution in [-0.4, -0.2) is 26.9 Å². The van der Waals surface area contributed by atoms with E-state index in [2.05, 4.69) is 0 Å². The molecule has 0 aromatic carbocycles. The molecule has 1 aromatic heterocycles. The van der Waals surface area contributed by atoms with E-state index in [1.54, 1.807) is 6.92 Å². The molecule has 7 heteroatoms. The van der Waals surface area contributed by atoms with Gasteiger partial charge in [-0.1, -0.05) is 0 Å². The van der Waals surface area contributed by atoms with Gasteiger partial charge in [0.05, 0.1) is 18.4 Å². The maximum atomic E-state index is 13.1. The summed E-state index contributed by atoms with van der Waals surface area (Å²) in [7, 11) is 0. The molecule has 0 amide bonds. The van der Waals surface area contributed by atoms with Crippen molar-refractivity contribution in [1.29, 1.82) is 0 Å². The Morgan fingerprint density at radius 3 is 2.88 bits per heavy atom. The Labute approximate surface area is 95.7 Å². The van der Waals surface area contributed by atoms with E-state index in [1.807, 2.05) is 4.98 Å². The zero-order valence-electron chi connectivity index (χ0n) is 9.22. The van der Waals surface area contributed by atoms with Crippen LogP contribution in [0.3, 0.4) is 0 Å². The second-order valence-electron chi connectivity index (χ2n) is 4.09. The molecular weight excluding hydrogens is 231 g/mol. The van der Waals surface area contributed by atoms with Crippen LogP contribution in [0.15, 0.2) is 15.8 Å². The molecule has 2 rings (SSSR count). The first-order valence-corrected chi connectivity index (χ1v) is 5.33. The summed E-state index contributed by atoms with van der Waals surface area (Å²) < 4.78 is 19.5. The first-order valence-electron chi connectivity index (χ1n) is 5.33. The zero-order valence-corrected chi connectivity index (χ0v) is 9.22. The third-order valence-electron chi connectivity index (χ3n) is 2.80. The molecule has 0 bridgehead atoms. The number of ether oxygens (including phenoxy) is 1. The van der Waals surface area contributed by atoms with Gasteiger partial charge in [-0.15, -0.1) is 0 Å². The van der Waals surface area contributed by atoms with Crippen molar-refractivity contribution in [3.8, 4) is 0 Å². The normalized spacial score (nSPS) is 26.1. The number of nitrogens with zero attached hydrogens (tertiary/aromatic N) is 1. The van der Waals surface area contributed by atoms with Crippen LogP contribution in [0, 0.1) is 5.82 Å². The molecule has 0 spiro atoms. The number of H-pyrrole nitrogens is 1. The number of nitrogens with one attached hydrogen (secondary N) is 1. The van der Waals surface area contributed by atoms with Gasteiger partial charge in [0.2, 0.25) is 5.82 Å². The Balaban J connectivity index is 2.28. The highest BCUT2D eigenvalue weighted by molar-refractivity contribution is 4.89. The Morgan fingerprint density at radius 2 is 2.29 bits per heavy atom. The summed E-state index contributed by atoms with van der Waals surface area (Å²) in [6, 6.07) is 0. The maximum Gasteiger partial charge on any atom is 0.330 e. The first-order chi connectivity index (χ1) is 7.99. The van der Waals surface area contributed by atoms with Crippen LogP contribution in [0.4, 0.5) is 4.39 Å². The second kappa shape index (κ2) is 4.42. The van der Waals surface area contributed by atoms with Gasteiger partial charge < -0.3 is 9.84 Å². The Bertz CT molecular complexity index is 522. The molecule has 2 heterocycles. The number of aliphatic hydroxyl groups excluding tert-OH is 1. The van der Waals surface area contributed by atoms with E-state index in [1.165, 1.54) is 0 Å². The minimum Gasteiger partial charge on any atom is -0.391 e. The van der Waals surface area contributed by atoms with E-state index in [9.17, 15) is 19.1 Å². The predicted molar refractivity (Wildman–Crippen MR) is 56.1 cm³/mol. The number of halogens is 1. The molecule has 6 nitrogen and oxygen atoms in total. The van der Waals surface area contributed by atoms with Gasteiger partial charge in [0, 0.05) is 0 Å². The molecule has 1 aliphatic rings. The van der Waals surface area contributed by atoms with Crippen molar-refractivity contribution in [2.75, 3.05) is 0 Å². The zero-order chi connectivity index (χ0) is 12.6. The van der Waals surface area contributed by atoms with Crippen molar-refractivity contribution in [3.05, 3.63) is 32.9 Å². The molecule has 17 heavy (non-hydrogen) atoms. The van der Waals surface area contributed by atoms with Crippen LogP contribution in [-0.2, 0) is 4.74 Å². The van der Waals surface area contributed by atoms with Gasteiger partial charge >= 0.3 is 5.69 Å². The van der Waals surface area contributed by atoms with E-state index >= 15 is 0 Å². The van der Waals surface area contributed by atoms with Gasteiger partial charge in [-0.25, -0.2) is 4.79 Å². The molecule has 0 unspecified atom stereocenters. The molecule has 3 atom stereocenters. The summed E-state index contributed by atoms with van der Waals surface area (Å²) in [6.07, 6.45) is 0.228. The highest BCUT2D eigenvalue weighted by atomic mass is 19.1. The highest BCUT2D eigenvalue weighted by Crippen LogP contribution is 2.28. The second-order valence-corrected chi connectivity index (χ2v) is 4.09. The summed E-state index contributed by atoms with van der Waals surface area (Å²) in [5.41, 5.74) is -1.76. The number of aromatic amines is 1. The number of rotatable bonds is 2. The molecule has 94 valence electrons. The summed E-state index contributed by atoms with van der Waals surface area (Å²) in [4.78, 5) is 24.2. The number of aromatic nitrogens is 2. The lowest BCUT2D eigenvalue weighted by molar-refractivity contribution is -0.0548.